The SMILES string of the molecule is CCCCOCC(CN1CC1C)OC(=O)NC1CCC(CC2CCC(NC(=O)OC(COc3ccc(C(C)(C)c4ccc(OCC(CN5C[C@@H]5C)OC(=O)NC5CCC(CC6CCC(NC(=O)OC(COCCCC)CN7CC7C)CC6)CC5)cc4)cc3)CN3CC3C)CC2)CC1. The molecule has 20 heteroatoms. The summed E-state index contributed by atoms with van der Waals surface area (Å²) in [6.07, 6.45) is 20.5. The number of ether oxygens (including phenoxy) is 8. The van der Waals surface area contributed by atoms with Gasteiger partial charge in [-0.15, -0.1) is 0 Å². The number of nitrogens with one attached hydrogen (secondary N) is 4. The molecule has 2 aromatic carbocycles. The van der Waals surface area contributed by atoms with E-state index < -0.39 is 12.2 Å². The van der Waals surface area contributed by atoms with E-state index in [0.717, 1.165) is 190 Å². The number of carbonyl (C=O) groups excluding carboxylic acids is 4. The van der Waals surface area contributed by atoms with Gasteiger partial charge in [-0.25, -0.2) is 19.2 Å². The monoisotopic (exact) mass is 1350 g/mol. The zero-order valence-corrected chi connectivity index (χ0v) is 60.5. The number of hydrogen-bond acceptors (Lipinski definition) is 16. The van der Waals surface area contributed by atoms with Crippen molar-refractivity contribution in [2.75, 3.05) is 92.0 Å². The van der Waals surface area contributed by atoms with Gasteiger partial charge in [-0.2, -0.15) is 0 Å². The maximum Gasteiger partial charge on any atom is 0.407 e. The molecule has 0 spiro atoms. The van der Waals surface area contributed by atoms with Crippen LogP contribution in [0.2, 0.25) is 0 Å². The number of benzene rings is 2. The highest BCUT2D eigenvalue weighted by Gasteiger charge is 2.39. The molecule has 4 heterocycles. The van der Waals surface area contributed by atoms with Crippen LogP contribution in [0.15, 0.2) is 48.5 Å². The second kappa shape index (κ2) is 37.0. The van der Waals surface area contributed by atoms with Crippen LogP contribution < -0.4 is 30.7 Å². The predicted octanol–water partition coefficient (Wildman–Crippen LogP) is 12.6. The molecule has 20 nitrogen and oxygen atoms in total. The van der Waals surface area contributed by atoms with Gasteiger partial charge in [0.2, 0.25) is 0 Å². The van der Waals surface area contributed by atoms with Gasteiger partial charge in [-0.05, 0) is 215 Å². The Kier molecular flexibility index (Phi) is 28.4. The van der Waals surface area contributed by atoms with Crippen LogP contribution in [0.25, 0.3) is 0 Å². The van der Waals surface area contributed by atoms with Crippen molar-refractivity contribution in [3.05, 3.63) is 59.7 Å². The Morgan fingerprint density at radius 1 is 0.402 bits per heavy atom. The summed E-state index contributed by atoms with van der Waals surface area (Å²) in [6.45, 7) is 27.1. The zero-order chi connectivity index (χ0) is 68.3. The molecule has 0 bridgehead atoms. The molecule has 4 aliphatic heterocycles. The Bertz CT molecular complexity index is 2520. The third-order valence-electron chi connectivity index (χ3n) is 22.7. The highest BCUT2D eigenvalue weighted by Crippen LogP contribution is 2.39. The fraction of sp³-hybridized carbons (Fsp3) is 0.792. The maximum atomic E-state index is 13.5. The number of hydrogen-bond donors (Lipinski definition) is 4. The molecule has 0 radical (unpaired) electrons. The van der Waals surface area contributed by atoms with Crippen molar-refractivity contribution in [2.24, 2.45) is 23.7 Å². The van der Waals surface area contributed by atoms with Crippen LogP contribution in [0.3, 0.4) is 0 Å². The highest BCUT2D eigenvalue weighted by molar-refractivity contribution is 5.69. The standard InChI is InChI=1S/C77H124N8O12/c1-9-11-37-90-49-69(45-82-41-53(82)3)94-73(86)78-63-25-13-57(14-26-63)39-59-17-29-65(30-18-59)80-75(88)96-71(47-84-43-55(84)5)51-92-67-33-21-61(22-34-67)77(7,8)62-23-35-68(36-24-62)93-52-72(48-85-44-56(85)6)97-76(89)81-66-31-19-60(20-32-66)40-58-15-27-64(28-16-58)79-74(87)95-70(46-83-42-54(83)4)50-91-38-12-10-2/h21-24,33-36,53-60,63-66,69-72H,9-20,25-32,37-52H2,1-8H3,(H,78,86)(H,79,87)(H,80,88)(H,81,89)/t53?,54?,55-,56?,57?,58?,59?,60?,63?,64?,65?,66?,69?,70?,71?,72?,82?,83?,84?,85?/m0/s1. The highest BCUT2D eigenvalue weighted by atomic mass is 16.6. The number of unbranched alkanes of at least 4 members (excludes halogenated alkanes) is 2. The number of carbonyl (C=O) groups is 4. The lowest BCUT2D eigenvalue weighted by Crippen LogP contribution is -2.42. The smallest absolute Gasteiger partial charge is 0.407 e. The Balaban J connectivity index is 0.591. The van der Waals surface area contributed by atoms with Crippen molar-refractivity contribution < 1.29 is 57.1 Å². The van der Waals surface area contributed by atoms with Gasteiger partial charge >= 0.3 is 24.4 Å². The van der Waals surface area contributed by atoms with Crippen LogP contribution in [0.4, 0.5) is 19.2 Å². The number of alkyl carbamates (subject to hydrolysis) is 4. The second-order valence-electron chi connectivity index (χ2n) is 31.4. The lowest BCUT2D eigenvalue weighted by Gasteiger charge is -2.34. The van der Waals surface area contributed by atoms with Crippen molar-refractivity contribution in [1.29, 1.82) is 0 Å². The summed E-state index contributed by atoms with van der Waals surface area (Å²) in [5.41, 5.74) is 1.95. The van der Waals surface area contributed by atoms with Gasteiger partial charge in [-0.3, -0.25) is 19.6 Å². The van der Waals surface area contributed by atoms with Crippen LogP contribution in [-0.4, -0.2) is 209 Å². The topological polar surface area (TPSA) is 202 Å². The van der Waals surface area contributed by atoms with E-state index in [4.69, 9.17) is 37.9 Å². The summed E-state index contributed by atoms with van der Waals surface area (Å²) in [4.78, 5) is 62.1. The van der Waals surface area contributed by atoms with Crippen LogP contribution in [0.5, 0.6) is 11.5 Å². The summed E-state index contributed by atoms with van der Waals surface area (Å²) in [5, 5.41) is 12.8. The summed E-state index contributed by atoms with van der Waals surface area (Å²) in [7, 11) is 0. The number of amides is 4. The van der Waals surface area contributed by atoms with E-state index in [-0.39, 0.29) is 79.4 Å². The molecule has 2 aromatic rings. The average molecular weight is 1350 g/mol. The van der Waals surface area contributed by atoms with Crippen molar-refractivity contribution in [2.45, 2.75) is 275 Å². The molecule has 11 unspecified atom stereocenters. The van der Waals surface area contributed by atoms with Gasteiger partial charge in [0.15, 0.2) is 12.2 Å². The molecule has 8 fully saturated rings. The molecule has 4 N–H and O–H groups in total. The molecular weight excluding hydrogens is 1230 g/mol. The number of rotatable bonds is 38. The van der Waals surface area contributed by atoms with Crippen LogP contribution in [0, 0.1) is 23.7 Å². The van der Waals surface area contributed by atoms with Crippen molar-refractivity contribution in [3.8, 4) is 11.5 Å². The molecule has 4 amide bonds. The first-order valence-corrected chi connectivity index (χ1v) is 38.4. The minimum absolute atomic E-state index is 0.102. The average Bonchev–Trinajstić information content (AvgIpc) is 1.62. The van der Waals surface area contributed by atoms with E-state index in [1.165, 1.54) is 12.8 Å². The normalized spacial score (nSPS) is 31.0. The Morgan fingerprint density at radius 3 is 0.887 bits per heavy atom. The van der Waals surface area contributed by atoms with E-state index >= 15 is 0 Å². The summed E-state index contributed by atoms with van der Waals surface area (Å²) < 4.78 is 48.4. The zero-order valence-electron chi connectivity index (χ0n) is 60.5. The minimum atomic E-state index is -0.414. The number of nitrogens with zero attached hydrogens (tertiary/aromatic N) is 4. The molecule has 0 aromatic heterocycles. The van der Waals surface area contributed by atoms with E-state index in [9.17, 15) is 19.2 Å². The lowest BCUT2D eigenvalue weighted by atomic mass is 9.76. The van der Waals surface area contributed by atoms with Crippen molar-refractivity contribution >= 4 is 24.4 Å². The quantitative estimate of drug-likeness (QED) is 0.0281. The molecule has 10 rings (SSSR count). The van der Waals surface area contributed by atoms with Gasteiger partial charge < -0.3 is 59.2 Å². The fourth-order valence-corrected chi connectivity index (χ4v) is 15.7. The minimum Gasteiger partial charge on any atom is -0.490 e. The third-order valence-corrected chi connectivity index (χ3v) is 22.7. The molecular formula is C77H124N8O12. The first kappa shape index (κ1) is 74.6. The summed E-state index contributed by atoms with van der Waals surface area (Å²) >= 11 is 0. The van der Waals surface area contributed by atoms with E-state index in [1.807, 2.05) is 24.3 Å². The summed E-state index contributed by atoms with van der Waals surface area (Å²) in [5.74, 6) is 4.08. The molecule has 4 saturated carbocycles. The summed E-state index contributed by atoms with van der Waals surface area (Å²) in [6, 6.07) is 19.0. The lowest BCUT2D eigenvalue weighted by molar-refractivity contribution is 0.0107. The Labute approximate surface area is 581 Å². The Hall–Kier alpha value is -5.12. The first-order chi connectivity index (χ1) is 46.9. The van der Waals surface area contributed by atoms with Gasteiger partial charge in [0.05, 0.1) is 13.2 Å². The first-order valence-electron chi connectivity index (χ1n) is 38.4. The van der Waals surface area contributed by atoms with E-state index in [2.05, 4.69) is 121 Å². The molecule has 8 aliphatic rings. The van der Waals surface area contributed by atoms with Crippen molar-refractivity contribution in [3.63, 3.8) is 0 Å². The third kappa shape index (κ3) is 25.2. The maximum absolute atomic E-state index is 13.5. The largest absolute Gasteiger partial charge is 0.490 e. The molecule has 4 aliphatic carbocycles. The van der Waals surface area contributed by atoms with Crippen LogP contribution in [0.1, 0.15) is 208 Å². The van der Waals surface area contributed by atoms with E-state index in [1.54, 1.807) is 0 Å². The molecule has 12 atom stereocenters. The second-order valence-corrected chi connectivity index (χ2v) is 31.4. The van der Waals surface area contributed by atoms with Gasteiger partial charge in [0, 0.05) is 119 Å². The van der Waals surface area contributed by atoms with Gasteiger partial charge in [0.25, 0.3) is 0 Å². The van der Waals surface area contributed by atoms with Crippen LogP contribution >= 0.6 is 0 Å². The predicted molar refractivity (Wildman–Crippen MR) is 377 cm³/mol. The van der Waals surface area contributed by atoms with Crippen molar-refractivity contribution in [1.82, 2.24) is 40.9 Å². The van der Waals surface area contributed by atoms with Gasteiger partial charge in [-0.1, -0.05) is 64.8 Å². The van der Waals surface area contributed by atoms with Crippen LogP contribution in [-0.2, 0) is 33.8 Å². The molecule has 4 saturated heterocycles. The molecule has 544 valence electrons. The fourth-order valence-electron chi connectivity index (χ4n) is 15.7. The van der Waals surface area contributed by atoms with Gasteiger partial charge in [0.1, 0.15) is 36.9 Å². The Morgan fingerprint density at radius 2 is 0.649 bits per heavy atom. The molecule has 97 heavy (non-hydrogen) atoms. The van der Waals surface area contributed by atoms with E-state index in [0.29, 0.717) is 87.4 Å².